The second-order valence-corrected chi connectivity index (χ2v) is 5.69. The van der Waals surface area contributed by atoms with Gasteiger partial charge >= 0.3 is 0 Å². The Labute approximate surface area is 96.6 Å². The average molecular weight is 224 g/mol. The Morgan fingerprint density at radius 3 is 2.40 bits per heavy atom. The number of aryl methyl sites for hydroxylation is 1. The monoisotopic (exact) mass is 223 g/mol. The molecular weight excluding hydrogens is 206 g/mol. The Bertz CT molecular complexity index is 386. The molecule has 0 radical (unpaired) electrons. The fraction of sp³-hybridized carbons (Fsp3) is 0.538. The molecule has 2 heteroatoms. The van der Waals surface area contributed by atoms with E-state index in [-0.39, 0.29) is 11.0 Å². The van der Waals surface area contributed by atoms with Gasteiger partial charge in [-0.15, -0.1) is 0 Å². The highest BCUT2D eigenvalue weighted by Crippen LogP contribution is 2.56. The lowest BCUT2D eigenvalue weighted by Crippen LogP contribution is -2.45. The number of halogens is 1. The summed E-state index contributed by atoms with van der Waals surface area (Å²) >= 11 is 6.27. The molecule has 1 aromatic rings. The Hall–Kier alpha value is -0.530. The van der Waals surface area contributed by atoms with Crippen LogP contribution in [-0.4, -0.2) is 5.54 Å². The molecule has 1 aromatic carbocycles. The summed E-state index contributed by atoms with van der Waals surface area (Å²) in [6, 6.07) is 6.22. The van der Waals surface area contributed by atoms with Gasteiger partial charge in [0.05, 0.1) is 0 Å². The van der Waals surface area contributed by atoms with Crippen molar-refractivity contribution in [2.24, 2.45) is 5.73 Å². The first-order valence-corrected chi connectivity index (χ1v) is 5.80. The maximum atomic E-state index is 6.27. The molecule has 0 atom stereocenters. The summed E-state index contributed by atoms with van der Waals surface area (Å²) in [5.41, 5.74) is 8.67. The highest BCUT2D eigenvalue weighted by Gasteiger charge is 2.54. The van der Waals surface area contributed by atoms with Crippen molar-refractivity contribution in [1.82, 2.24) is 0 Å². The highest BCUT2D eigenvalue weighted by molar-refractivity contribution is 6.31. The van der Waals surface area contributed by atoms with E-state index in [1.807, 2.05) is 12.1 Å². The maximum Gasteiger partial charge on any atom is 0.0444 e. The van der Waals surface area contributed by atoms with Crippen LogP contribution < -0.4 is 5.73 Å². The van der Waals surface area contributed by atoms with E-state index in [1.54, 1.807) is 0 Å². The van der Waals surface area contributed by atoms with Crippen LogP contribution in [0.25, 0.3) is 0 Å². The van der Waals surface area contributed by atoms with Crippen molar-refractivity contribution in [3.8, 4) is 0 Å². The smallest absolute Gasteiger partial charge is 0.0444 e. The van der Waals surface area contributed by atoms with Crippen molar-refractivity contribution in [2.45, 2.75) is 44.6 Å². The summed E-state index contributed by atoms with van der Waals surface area (Å²) < 4.78 is 0. The predicted octanol–water partition coefficient (Wildman–Crippen LogP) is 3.42. The quantitative estimate of drug-likeness (QED) is 0.817. The molecule has 1 nitrogen and oxygen atoms in total. The lowest BCUT2D eigenvalue weighted by molar-refractivity contribution is 0.391. The summed E-state index contributed by atoms with van der Waals surface area (Å²) in [5, 5.41) is 0.858. The molecule has 0 spiro atoms. The van der Waals surface area contributed by atoms with Crippen LogP contribution in [0.15, 0.2) is 18.2 Å². The molecule has 0 amide bonds. The standard InChI is InChI=1S/C13H18ClN/c1-9-4-5-11(14)10(8-9)13(6-7-13)12(2,3)15/h4-5,8H,6-7,15H2,1-3H3. The van der Waals surface area contributed by atoms with Gasteiger partial charge in [-0.05, 0) is 45.2 Å². The number of hydrogen-bond donors (Lipinski definition) is 1. The third kappa shape index (κ3) is 1.68. The zero-order valence-corrected chi connectivity index (χ0v) is 10.4. The summed E-state index contributed by atoms with van der Waals surface area (Å²) in [4.78, 5) is 0. The molecule has 0 bridgehead atoms. The minimum Gasteiger partial charge on any atom is -0.325 e. The predicted molar refractivity (Wildman–Crippen MR) is 65.4 cm³/mol. The van der Waals surface area contributed by atoms with Crippen molar-refractivity contribution in [1.29, 1.82) is 0 Å². The van der Waals surface area contributed by atoms with E-state index in [2.05, 4.69) is 26.8 Å². The third-order valence-electron chi connectivity index (χ3n) is 3.62. The van der Waals surface area contributed by atoms with Crippen molar-refractivity contribution >= 4 is 11.6 Å². The van der Waals surface area contributed by atoms with Crippen LogP contribution in [0.1, 0.15) is 37.8 Å². The molecular formula is C13H18ClN. The van der Waals surface area contributed by atoms with Gasteiger partial charge in [-0.25, -0.2) is 0 Å². The molecule has 0 saturated heterocycles. The number of hydrogen-bond acceptors (Lipinski definition) is 1. The van der Waals surface area contributed by atoms with Crippen molar-refractivity contribution in [2.75, 3.05) is 0 Å². The van der Waals surface area contributed by atoms with Crippen LogP contribution in [0.2, 0.25) is 5.02 Å². The SMILES string of the molecule is Cc1ccc(Cl)c(C2(C(C)(C)N)CC2)c1. The van der Waals surface area contributed by atoms with Crippen LogP contribution in [0.4, 0.5) is 0 Å². The Morgan fingerprint density at radius 1 is 1.33 bits per heavy atom. The van der Waals surface area contributed by atoms with Gasteiger partial charge in [-0.3, -0.25) is 0 Å². The van der Waals surface area contributed by atoms with Gasteiger partial charge in [0.25, 0.3) is 0 Å². The second kappa shape index (κ2) is 3.23. The molecule has 1 aliphatic carbocycles. The van der Waals surface area contributed by atoms with Gasteiger partial charge in [0.1, 0.15) is 0 Å². The van der Waals surface area contributed by atoms with Crippen molar-refractivity contribution < 1.29 is 0 Å². The van der Waals surface area contributed by atoms with Crippen molar-refractivity contribution in [3.63, 3.8) is 0 Å². The molecule has 0 unspecified atom stereocenters. The first-order chi connectivity index (χ1) is 6.87. The normalized spacial score (nSPS) is 19.0. The van der Waals surface area contributed by atoms with Crippen LogP contribution in [0, 0.1) is 6.92 Å². The van der Waals surface area contributed by atoms with Crippen LogP contribution in [0.3, 0.4) is 0 Å². The topological polar surface area (TPSA) is 26.0 Å². The largest absolute Gasteiger partial charge is 0.325 e. The van der Waals surface area contributed by atoms with E-state index in [0.717, 1.165) is 17.9 Å². The average Bonchev–Trinajstić information content (AvgIpc) is 2.88. The van der Waals surface area contributed by atoms with Gasteiger partial charge in [-0.1, -0.05) is 29.3 Å². The number of benzene rings is 1. The maximum absolute atomic E-state index is 6.27. The molecule has 2 N–H and O–H groups in total. The van der Waals surface area contributed by atoms with E-state index < -0.39 is 0 Å². The van der Waals surface area contributed by atoms with Gasteiger partial charge in [-0.2, -0.15) is 0 Å². The van der Waals surface area contributed by atoms with Crippen molar-refractivity contribution in [3.05, 3.63) is 34.3 Å². The van der Waals surface area contributed by atoms with Gasteiger partial charge in [0.2, 0.25) is 0 Å². The van der Waals surface area contributed by atoms with E-state index in [0.29, 0.717) is 0 Å². The van der Waals surface area contributed by atoms with Crippen LogP contribution in [0.5, 0.6) is 0 Å². The van der Waals surface area contributed by atoms with Gasteiger partial charge in [0, 0.05) is 16.0 Å². The Kier molecular flexibility index (Phi) is 2.36. The molecule has 2 rings (SSSR count). The van der Waals surface area contributed by atoms with E-state index in [1.165, 1.54) is 11.1 Å². The Morgan fingerprint density at radius 2 is 1.93 bits per heavy atom. The summed E-state index contributed by atoms with van der Waals surface area (Å²) in [6.07, 6.45) is 2.30. The first-order valence-electron chi connectivity index (χ1n) is 5.42. The summed E-state index contributed by atoms with van der Waals surface area (Å²) in [5.74, 6) is 0. The minimum absolute atomic E-state index is 0.107. The van der Waals surface area contributed by atoms with Crippen LogP contribution >= 0.6 is 11.6 Å². The number of rotatable bonds is 2. The summed E-state index contributed by atoms with van der Waals surface area (Å²) in [7, 11) is 0. The van der Waals surface area contributed by atoms with Gasteiger partial charge in [0.15, 0.2) is 0 Å². The third-order valence-corrected chi connectivity index (χ3v) is 3.95. The van der Waals surface area contributed by atoms with E-state index in [4.69, 9.17) is 17.3 Å². The fourth-order valence-electron chi connectivity index (χ4n) is 2.39. The first kappa shape index (κ1) is 11.0. The molecule has 1 saturated carbocycles. The van der Waals surface area contributed by atoms with E-state index in [9.17, 15) is 0 Å². The molecule has 1 fully saturated rings. The zero-order valence-electron chi connectivity index (χ0n) is 9.60. The summed E-state index contributed by atoms with van der Waals surface area (Å²) in [6.45, 7) is 6.29. The molecule has 0 aromatic heterocycles. The molecule has 0 heterocycles. The fourth-order valence-corrected chi connectivity index (χ4v) is 2.69. The van der Waals surface area contributed by atoms with E-state index >= 15 is 0 Å². The molecule has 82 valence electrons. The molecule has 15 heavy (non-hydrogen) atoms. The molecule has 0 aliphatic heterocycles. The second-order valence-electron chi connectivity index (χ2n) is 5.29. The highest BCUT2D eigenvalue weighted by atomic mass is 35.5. The lowest BCUT2D eigenvalue weighted by Gasteiger charge is -2.32. The van der Waals surface area contributed by atoms with Crippen LogP contribution in [-0.2, 0) is 5.41 Å². The molecule has 1 aliphatic rings. The lowest BCUT2D eigenvalue weighted by atomic mass is 9.79. The number of nitrogens with two attached hydrogens (primary N) is 1. The zero-order chi connectivity index (χ0) is 11.3. The van der Waals surface area contributed by atoms with Gasteiger partial charge < -0.3 is 5.73 Å². The minimum atomic E-state index is -0.190. The Balaban J connectivity index is 2.50.